The first-order valence-corrected chi connectivity index (χ1v) is 7.65. The van der Waals surface area contributed by atoms with Crippen molar-refractivity contribution in [2.24, 2.45) is 0 Å². The van der Waals surface area contributed by atoms with E-state index in [2.05, 4.69) is 10.3 Å². The molecule has 3 N–H and O–H groups in total. The minimum absolute atomic E-state index is 0.417. The third kappa shape index (κ3) is 2.72. The standard InChI is InChI=1S/C16H15N3O6/c20-7-12-14(22)15(23)16(25-12)19-6-10(17-18-19)9-2-1-8-3-4-13(21)24-11(8)5-9/h1-6,12,14-16,20,22-23H,7H2/t12-,14-,15-,16-/m1/s1. The average Bonchev–Trinajstić information content (AvgIpc) is 3.20. The number of aliphatic hydroxyl groups is 3. The van der Waals surface area contributed by atoms with Gasteiger partial charge in [0.15, 0.2) is 6.23 Å². The summed E-state index contributed by atoms with van der Waals surface area (Å²) in [5, 5.41) is 37.7. The number of hydrogen-bond donors (Lipinski definition) is 3. The van der Waals surface area contributed by atoms with Gasteiger partial charge in [0.25, 0.3) is 0 Å². The van der Waals surface area contributed by atoms with Crippen molar-refractivity contribution >= 4 is 11.0 Å². The Bertz CT molecular complexity index is 968. The maximum Gasteiger partial charge on any atom is 0.336 e. The molecule has 9 nitrogen and oxygen atoms in total. The van der Waals surface area contributed by atoms with E-state index < -0.39 is 36.8 Å². The quantitative estimate of drug-likeness (QED) is 0.550. The highest BCUT2D eigenvalue weighted by Gasteiger charge is 2.43. The summed E-state index contributed by atoms with van der Waals surface area (Å²) in [6, 6.07) is 8.27. The van der Waals surface area contributed by atoms with Crippen molar-refractivity contribution in [3.05, 3.63) is 46.9 Å². The lowest BCUT2D eigenvalue weighted by Crippen LogP contribution is -2.33. The molecule has 0 unspecified atom stereocenters. The fourth-order valence-corrected chi connectivity index (χ4v) is 2.85. The molecule has 0 radical (unpaired) electrons. The number of nitrogens with zero attached hydrogens (tertiary/aromatic N) is 3. The molecule has 3 aromatic rings. The first-order chi connectivity index (χ1) is 12.1. The first-order valence-electron chi connectivity index (χ1n) is 7.65. The van der Waals surface area contributed by atoms with Gasteiger partial charge in [0.1, 0.15) is 29.6 Å². The van der Waals surface area contributed by atoms with E-state index in [0.717, 1.165) is 5.39 Å². The van der Waals surface area contributed by atoms with Crippen LogP contribution in [0.4, 0.5) is 0 Å². The van der Waals surface area contributed by atoms with Crippen LogP contribution in [0.5, 0.6) is 0 Å². The number of fused-ring (bicyclic) bond motifs is 1. The highest BCUT2D eigenvalue weighted by Crippen LogP contribution is 2.30. The third-order valence-electron chi connectivity index (χ3n) is 4.21. The fourth-order valence-electron chi connectivity index (χ4n) is 2.85. The van der Waals surface area contributed by atoms with Crippen LogP contribution in [0.15, 0.2) is 45.7 Å². The summed E-state index contributed by atoms with van der Waals surface area (Å²) in [7, 11) is 0. The number of aromatic nitrogens is 3. The second-order valence-electron chi connectivity index (χ2n) is 5.82. The highest BCUT2D eigenvalue weighted by atomic mass is 16.6. The maximum absolute atomic E-state index is 11.3. The van der Waals surface area contributed by atoms with E-state index in [1.807, 2.05) is 0 Å². The minimum atomic E-state index is -1.23. The molecule has 9 heteroatoms. The lowest BCUT2D eigenvalue weighted by Gasteiger charge is -2.13. The second kappa shape index (κ2) is 6.05. The molecule has 1 saturated heterocycles. The number of aliphatic hydroxyl groups excluding tert-OH is 3. The minimum Gasteiger partial charge on any atom is -0.423 e. The zero-order valence-electron chi connectivity index (χ0n) is 12.9. The van der Waals surface area contributed by atoms with Gasteiger partial charge in [-0.2, -0.15) is 0 Å². The largest absolute Gasteiger partial charge is 0.423 e. The molecule has 1 aromatic carbocycles. The molecule has 4 atom stereocenters. The predicted molar refractivity (Wildman–Crippen MR) is 84.5 cm³/mol. The summed E-state index contributed by atoms with van der Waals surface area (Å²) in [6.45, 7) is -0.417. The Kier molecular flexibility index (Phi) is 3.85. The van der Waals surface area contributed by atoms with Crippen molar-refractivity contribution < 1.29 is 24.5 Å². The van der Waals surface area contributed by atoms with Crippen LogP contribution >= 0.6 is 0 Å². The molecular formula is C16H15N3O6. The van der Waals surface area contributed by atoms with Gasteiger partial charge in [-0.05, 0) is 12.1 Å². The molecule has 1 fully saturated rings. The summed E-state index contributed by atoms with van der Waals surface area (Å²) in [5.74, 6) is 0. The van der Waals surface area contributed by atoms with Crippen molar-refractivity contribution in [2.75, 3.05) is 6.61 Å². The maximum atomic E-state index is 11.3. The molecule has 0 amide bonds. The van der Waals surface area contributed by atoms with E-state index in [1.165, 1.54) is 10.7 Å². The lowest BCUT2D eigenvalue weighted by molar-refractivity contribution is -0.0593. The number of benzene rings is 1. The zero-order chi connectivity index (χ0) is 17.6. The van der Waals surface area contributed by atoms with Crippen molar-refractivity contribution in [2.45, 2.75) is 24.5 Å². The summed E-state index contributed by atoms with van der Waals surface area (Å²) >= 11 is 0. The monoisotopic (exact) mass is 345 g/mol. The Morgan fingerprint density at radius 3 is 2.72 bits per heavy atom. The van der Waals surface area contributed by atoms with Crippen molar-refractivity contribution in [1.82, 2.24) is 15.0 Å². The summed E-state index contributed by atoms with van der Waals surface area (Å²) in [6.07, 6.45) is -2.74. The average molecular weight is 345 g/mol. The fraction of sp³-hybridized carbons (Fsp3) is 0.312. The van der Waals surface area contributed by atoms with Gasteiger partial charge in [-0.25, -0.2) is 9.48 Å². The van der Waals surface area contributed by atoms with Gasteiger partial charge in [-0.3, -0.25) is 0 Å². The second-order valence-corrected chi connectivity index (χ2v) is 5.82. The van der Waals surface area contributed by atoms with Crippen LogP contribution < -0.4 is 5.63 Å². The van der Waals surface area contributed by atoms with Crippen molar-refractivity contribution in [3.63, 3.8) is 0 Å². The molecule has 25 heavy (non-hydrogen) atoms. The van der Waals surface area contributed by atoms with Crippen LogP contribution in [0.1, 0.15) is 6.23 Å². The summed E-state index contributed by atoms with van der Waals surface area (Å²) in [4.78, 5) is 11.3. The number of ether oxygens (including phenoxy) is 1. The molecule has 4 rings (SSSR count). The van der Waals surface area contributed by atoms with Gasteiger partial charge < -0.3 is 24.5 Å². The van der Waals surface area contributed by atoms with Crippen LogP contribution in [0.25, 0.3) is 22.2 Å². The van der Waals surface area contributed by atoms with Crippen LogP contribution in [0, 0.1) is 0 Å². The molecule has 130 valence electrons. The smallest absolute Gasteiger partial charge is 0.336 e. The van der Waals surface area contributed by atoms with E-state index in [1.54, 1.807) is 30.5 Å². The Hall–Kier alpha value is -2.59. The van der Waals surface area contributed by atoms with E-state index >= 15 is 0 Å². The molecule has 0 saturated carbocycles. The normalized spacial score (nSPS) is 26.4. The Labute approximate surface area is 140 Å². The van der Waals surface area contributed by atoms with Crippen LogP contribution in [-0.4, -0.2) is 55.2 Å². The molecular weight excluding hydrogens is 330 g/mol. The lowest BCUT2D eigenvalue weighted by atomic mass is 10.1. The van der Waals surface area contributed by atoms with Crippen LogP contribution in [0.2, 0.25) is 0 Å². The number of hydrogen-bond acceptors (Lipinski definition) is 8. The van der Waals surface area contributed by atoms with E-state index in [4.69, 9.17) is 14.3 Å². The van der Waals surface area contributed by atoms with Gasteiger partial charge in [-0.1, -0.05) is 17.3 Å². The molecule has 1 aliphatic rings. The van der Waals surface area contributed by atoms with Crippen LogP contribution in [-0.2, 0) is 4.74 Å². The van der Waals surface area contributed by atoms with E-state index in [0.29, 0.717) is 16.8 Å². The van der Waals surface area contributed by atoms with Gasteiger partial charge >= 0.3 is 5.63 Å². The molecule has 0 spiro atoms. The highest BCUT2D eigenvalue weighted by molar-refractivity contribution is 5.81. The molecule has 0 bridgehead atoms. The van der Waals surface area contributed by atoms with Gasteiger partial charge in [0.05, 0.1) is 12.8 Å². The molecule has 3 heterocycles. The topological polar surface area (TPSA) is 131 Å². The van der Waals surface area contributed by atoms with Gasteiger partial charge in [0, 0.05) is 17.0 Å². The third-order valence-corrected chi connectivity index (χ3v) is 4.21. The summed E-state index contributed by atoms with van der Waals surface area (Å²) < 4.78 is 11.8. The van der Waals surface area contributed by atoms with E-state index in [9.17, 15) is 15.0 Å². The Morgan fingerprint density at radius 2 is 1.96 bits per heavy atom. The van der Waals surface area contributed by atoms with Crippen molar-refractivity contribution in [1.29, 1.82) is 0 Å². The first kappa shape index (κ1) is 15.9. The molecule has 1 aliphatic heterocycles. The number of rotatable bonds is 3. The van der Waals surface area contributed by atoms with Crippen molar-refractivity contribution in [3.8, 4) is 11.3 Å². The van der Waals surface area contributed by atoms with E-state index in [-0.39, 0.29) is 0 Å². The predicted octanol–water partition coefficient (Wildman–Crippen LogP) is -0.337. The van der Waals surface area contributed by atoms with Gasteiger partial charge in [0.2, 0.25) is 0 Å². The van der Waals surface area contributed by atoms with Gasteiger partial charge in [-0.15, -0.1) is 5.10 Å². The summed E-state index contributed by atoms with van der Waals surface area (Å²) in [5.41, 5.74) is 1.12. The van der Waals surface area contributed by atoms with Crippen LogP contribution in [0.3, 0.4) is 0 Å². The zero-order valence-corrected chi connectivity index (χ0v) is 12.9. The molecule has 2 aromatic heterocycles. The Morgan fingerprint density at radius 1 is 1.16 bits per heavy atom. The Balaban J connectivity index is 1.66. The SMILES string of the molecule is O=c1ccc2ccc(-c3cn([C@@H]4O[C@H](CO)[C@@H](O)[C@H]4O)nn3)cc2o1. The molecule has 0 aliphatic carbocycles.